The summed E-state index contributed by atoms with van der Waals surface area (Å²) in [7, 11) is 0. The van der Waals surface area contributed by atoms with Crippen LogP contribution in [0.15, 0.2) is 48.5 Å². The minimum Gasteiger partial charge on any atom is -0.483 e. The van der Waals surface area contributed by atoms with E-state index < -0.39 is 23.9 Å². The molecule has 5 N–H and O–H groups in total. The molecule has 2 aromatic carbocycles. The largest absolute Gasteiger partial charge is 0.483 e. The van der Waals surface area contributed by atoms with Crippen LogP contribution in [0.1, 0.15) is 41.4 Å². The number of rotatable bonds is 4. The van der Waals surface area contributed by atoms with Gasteiger partial charge in [0.1, 0.15) is 0 Å². The first kappa shape index (κ1) is 22.8. The summed E-state index contributed by atoms with van der Waals surface area (Å²) in [6, 6.07) is 11.0. The Labute approximate surface area is 151 Å². The van der Waals surface area contributed by atoms with Crippen molar-refractivity contribution < 1.29 is 49.5 Å². The van der Waals surface area contributed by atoms with Gasteiger partial charge in [-0.1, -0.05) is 24.3 Å². The van der Waals surface area contributed by atoms with Gasteiger partial charge in [-0.3, -0.25) is 4.79 Å². The molecule has 27 heavy (non-hydrogen) atoms. The predicted octanol–water partition coefficient (Wildman–Crippen LogP) is 1.87. The summed E-state index contributed by atoms with van der Waals surface area (Å²) < 4.78 is 0. The van der Waals surface area contributed by atoms with E-state index in [1.165, 1.54) is 48.5 Å². The molecule has 10 nitrogen and oxygen atoms in total. The molecule has 0 aliphatic carbocycles. The first-order valence-corrected chi connectivity index (χ1v) is 6.86. The van der Waals surface area contributed by atoms with Crippen LogP contribution in [-0.4, -0.2) is 55.9 Å². The summed E-state index contributed by atoms with van der Waals surface area (Å²) in [5.74, 6) is -4.91. The molecule has 0 bridgehead atoms. The van der Waals surface area contributed by atoms with Crippen molar-refractivity contribution in [3.8, 4) is 0 Å². The van der Waals surface area contributed by atoms with E-state index in [0.717, 1.165) is 0 Å². The van der Waals surface area contributed by atoms with E-state index >= 15 is 0 Å². The van der Waals surface area contributed by atoms with Crippen LogP contribution in [0.3, 0.4) is 0 Å². The average Bonchev–Trinajstić information content (AvgIpc) is 2.62. The number of carboxylic acid groups (broad SMARTS) is 5. The Morgan fingerprint density at radius 1 is 0.556 bits per heavy atom. The molecule has 0 saturated heterocycles. The Hall–Kier alpha value is -4.21. The van der Waals surface area contributed by atoms with E-state index in [1.54, 1.807) is 0 Å². The molecule has 0 aliphatic rings. The molecule has 0 unspecified atom stereocenters. The zero-order valence-electron chi connectivity index (χ0n) is 13.5. The Balaban J connectivity index is 0.000000438. The maximum atomic E-state index is 10.5. The van der Waals surface area contributed by atoms with E-state index in [9.17, 15) is 19.2 Å². The molecular weight excluding hydrogens is 364 g/mol. The van der Waals surface area contributed by atoms with Gasteiger partial charge in [-0.05, 0) is 24.3 Å². The zero-order chi connectivity index (χ0) is 21.0. The second-order valence-corrected chi connectivity index (χ2v) is 4.42. The number of hydrogen-bond acceptors (Lipinski definition) is 5. The van der Waals surface area contributed by atoms with Gasteiger partial charge in [-0.15, -0.1) is 0 Å². The summed E-state index contributed by atoms with van der Waals surface area (Å²) in [4.78, 5) is 50.2. The van der Waals surface area contributed by atoms with Crippen LogP contribution in [0, 0.1) is 0 Å². The molecule has 0 saturated carbocycles. The highest BCUT2D eigenvalue weighted by Gasteiger charge is 2.14. The lowest BCUT2D eigenvalue weighted by Gasteiger charge is -1.98. The monoisotopic (exact) mass is 378 g/mol. The third-order valence-electron chi connectivity index (χ3n) is 2.78. The van der Waals surface area contributed by atoms with Crippen molar-refractivity contribution in [3.63, 3.8) is 0 Å². The minimum absolute atomic E-state index is 0.190. The molecule has 2 aromatic rings. The molecule has 142 valence electrons. The van der Waals surface area contributed by atoms with Gasteiger partial charge in [0.15, 0.2) is 0 Å². The van der Waals surface area contributed by atoms with Crippen LogP contribution in [0.2, 0.25) is 0 Å². The molecular formula is C17H14O10. The smallest absolute Gasteiger partial charge is 0.336 e. The number of carbonyl (C=O) groups is 5. The zero-order valence-corrected chi connectivity index (χ0v) is 13.5. The number of aromatic carboxylic acids is 4. The highest BCUT2D eigenvalue weighted by molar-refractivity contribution is 6.02. The van der Waals surface area contributed by atoms with E-state index in [1.807, 2.05) is 0 Å². The maximum Gasteiger partial charge on any atom is 0.336 e. The van der Waals surface area contributed by atoms with Crippen molar-refractivity contribution in [2.24, 2.45) is 0 Å². The summed E-state index contributed by atoms with van der Waals surface area (Å²) in [5.41, 5.74) is -0.759. The molecule has 10 heteroatoms. The van der Waals surface area contributed by atoms with Crippen LogP contribution in [0.4, 0.5) is 0 Å². The van der Waals surface area contributed by atoms with Crippen LogP contribution in [-0.2, 0) is 4.79 Å². The Bertz CT molecular complexity index is 708. The van der Waals surface area contributed by atoms with Gasteiger partial charge >= 0.3 is 23.9 Å². The second-order valence-electron chi connectivity index (χ2n) is 4.42. The van der Waals surface area contributed by atoms with Gasteiger partial charge in [0.05, 0.1) is 22.3 Å². The van der Waals surface area contributed by atoms with E-state index in [-0.39, 0.29) is 28.7 Å². The Morgan fingerprint density at radius 3 is 0.815 bits per heavy atom. The first-order valence-electron chi connectivity index (χ1n) is 6.86. The Morgan fingerprint density at radius 2 is 0.704 bits per heavy atom. The summed E-state index contributed by atoms with van der Waals surface area (Å²) in [6.07, 6.45) is 0. The molecule has 0 aliphatic heterocycles. The maximum absolute atomic E-state index is 10.5. The lowest BCUT2D eigenvalue weighted by Crippen LogP contribution is -2.06. The van der Waals surface area contributed by atoms with Gasteiger partial charge in [-0.25, -0.2) is 19.2 Å². The summed E-state index contributed by atoms with van der Waals surface area (Å²) in [5, 5.41) is 41.1. The van der Waals surface area contributed by atoms with Crippen LogP contribution < -0.4 is 0 Å². The van der Waals surface area contributed by atoms with Crippen molar-refractivity contribution in [1.29, 1.82) is 0 Å². The summed E-state index contributed by atoms with van der Waals surface area (Å²) in [6.45, 7) is -0.250. The molecule has 0 radical (unpaired) electrons. The average molecular weight is 378 g/mol. The van der Waals surface area contributed by atoms with Gasteiger partial charge in [0, 0.05) is 0 Å². The fourth-order valence-corrected chi connectivity index (χ4v) is 1.71. The van der Waals surface area contributed by atoms with Gasteiger partial charge in [0.25, 0.3) is 6.47 Å². The van der Waals surface area contributed by atoms with Crippen LogP contribution >= 0.6 is 0 Å². The van der Waals surface area contributed by atoms with E-state index in [4.69, 9.17) is 30.3 Å². The fraction of sp³-hybridized carbons (Fsp3) is 0. The van der Waals surface area contributed by atoms with Crippen molar-refractivity contribution in [2.75, 3.05) is 0 Å². The fourth-order valence-electron chi connectivity index (χ4n) is 1.71. The molecule has 0 aromatic heterocycles. The number of hydrogen-bond donors (Lipinski definition) is 5. The SMILES string of the molecule is O=C(O)c1ccccc1C(=O)O.O=C(O)c1ccccc1C(=O)O.O=CO. The van der Waals surface area contributed by atoms with Gasteiger partial charge in [0.2, 0.25) is 0 Å². The third-order valence-corrected chi connectivity index (χ3v) is 2.78. The van der Waals surface area contributed by atoms with Crippen molar-refractivity contribution in [1.82, 2.24) is 0 Å². The first-order chi connectivity index (χ1) is 12.7. The quantitative estimate of drug-likeness (QED) is 0.491. The van der Waals surface area contributed by atoms with Crippen molar-refractivity contribution in [3.05, 3.63) is 70.8 Å². The second kappa shape index (κ2) is 11.4. The molecule has 0 heterocycles. The molecule has 0 amide bonds. The minimum atomic E-state index is -1.23. The summed E-state index contributed by atoms with van der Waals surface area (Å²) >= 11 is 0. The van der Waals surface area contributed by atoms with E-state index in [0.29, 0.717) is 0 Å². The standard InChI is InChI=1S/2C8H6O4.CH2O2/c2*9-7(10)5-3-1-2-4-6(5)8(11)12;2-1-3/h2*1-4H,(H,9,10)(H,11,12);1H,(H,2,3). The topological polar surface area (TPSA) is 186 Å². The predicted molar refractivity (Wildman–Crippen MR) is 89.4 cm³/mol. The molecule has 0 atom stereocenters. The third kappa shape index (κ3) is 7.47. The number of carboxylic acids is 4. The van der Waals surface area contributed by atoms with Crippen molar-refractivity contribution in [2.45, 2.75) is 0 Å². The number of benzene rings is 2. The van der Waals surface area contributed by atoms with Crippen LogP contribution in [0.5, 0.6) is 0 Å². The molecule has 0 fully saturated rings. The normalized spacial score (nSPS) is 8.74. The highest BCUT2D eigenvalue weighted by Crippen LogP contribution is 2.08. The molecule has 2 rings (SSSR count). The van der Waals surface area contributed by atoms with Gasteiger partial charge < -0.3 is 25.5 Å². The van der Waals surface area contributed by atoms with E-state index in [2.05, 4.69) is 0 Å². The molecule has 0 spiro atoms. The Kier molecular flexibility index (Phi) is 9.59. The lowest BCUT2D eigenvalue weighted by atomic mass is 10.1. The lowest BCUT2D eigenvalue weighted by molar-refractivity contribution is -0.122. The van der Waals surface area contributed by atoms with Crippen LogP contribution in [0.25, 0.3) is 0 Å². The highest BCUT2D eigenvalue weighted by atomic mass is 16.4. The van der Waals surface area contributed by atoms with Gasteiger partial charge in [-0.2, -0.15) is 0 Å². The van der Waals surface area contributed by atoms with Crippen molar-refractivity contribution >= 4 is 30.3 Å².